The Hall–Kier alpha value is -5.18. The molecule has 4 atom stereocenters. The SMILES string of the molecule is CN1C(=O)N(c2cc(Cl)cc(Cl)c2)C(=O)[C@]12CN(CN1CC(c3ccc(C#N)cc3)[C@]3(C1)C(=O)N(c1cc(Cl)cc(Cl)c1)C(=O)N3C)CC2c1ccc(C#N)cc1. The molecule has 8 rings (SSSR count). The van der Waals surface area contributed by atoms with Gasteiger partial charge in [-0.2, -0.15) is 10.5 Å². The zero-order chi connectivity index (χ0) is 40.6. The molecule has 4 aliphatic heterocycles. The molecule has 16 heteroatoms. The van der Waals surface area contributed by atoms with Gasteiger partial charge in [0, 0.05) is 72.2 Å². The topological polar surface area (TPSA) is 135 Å². The number of likely N-dealkylation sites (tertiary alicyclic amines) is 2. The van der Waals surface area contributed by atoms with E-state index in [4.69, 9.17) is 46.4 Å². The van der Waals surface area contributed by atoms with E-state index in [9.17, 15) is 29.7 Å². The maximum absolute atomic E-state index is 14.8. The van der Waals surface area contributed by atoms with E-state index in [1.807, 2.05) is 0 Å². The molecule has 0 N–H and O–H groups in total. The second-order valence-electron chi connectivity index (χ2n) is 14.8. The van der Waals surface area contributed by atoms with Crippen LogP contribution in [-0.4, -0.2) is 101 Å². The van der Waals surface area contributed by atoms with E-state index >= 15 is 0 Å². The van der Waals surface area contributed by atoms with Crippen LogP contribution >= 0.6 is 46.4 Å². The fraction of sp³-hybridized carbons (Fsp3) is 0.268. The summed E-state index contributed by atoms with van der Waals surface area (Å²) in [6.45, 7) is 1.19. The molecule has 12 nitrogen and oxygen atoms in total. The van der Waals surface area contributed by atoms with Crippen LogP contribution < -0.4 is 9.80 Å². The zero-order valence-electron chi connectivity index (χ0n) is 30.5. The second-order valence-corrected chi connectivity index (χ2v) is 16.6. The Morgan fingerprint density at radius 1 is 0.579 bits per heavy atom. The van der Waals surface area contributed by atoms with Gasteiger partial charge in [0.05, 0.1) is 41.3 Å². The molecule has 0 bridgehead atoms. The average Bonchev–Trinajstić information content (AvgIpc) is 3.86. The molecule has 4 fully saturated rings. The molecule has 0 radical (unpaired) electrons. The number of amides is 6. The molecule has 4 saturated heterocycles. The number of anilines is 2. The molecule has 2 spiro atoms. The van der Waals surface area contributed by atoms with E-state index in [1.54, 1.807) is 62.6 Å². The van der Waals surface area contributed by atoms with Crippen molar-refractivity contribution in [3.05, 3.63) is 127 Å². The molecule has 4 heterocycles. The third kappa shape index (κ3) is 6.11. The number of hydrogen-bond donors (Lipinski definition) is 0. The Bertz CT molecular complexity index is 2240. The summed E-state index contributed by atoms with van der Waals surface area (Å²) in [7, 11) is 3.21. The van der Waals surface area contributed by atoms with Crippen LogP contribution in [0.3, 0.4) is 0 Å². The van der Waals surface area contributed by atoms with Crippen LogP contribution in [0, 0.1) is 22.7 Å². The minimum atomic E-state index is -1.37. The van der Waals surface area contributed by atoms with Gasteiger partial charge in [-0.15, -0.1) is 0 Å². The van der Waals surface area contributed by atoms with Crippen molar-refractivity contribution in [2.75, 3.05) is 56.7 Å². The van der Waals surface area contributed by atoms with Crippen LogP contribution in [0.1, 0.15) is 34.1 Å². The Labute approximate surface area is 348 Å². The summed E-state index contributed by atoms with van der Waals surface area (Å²) in [6, 6.07) is 26.3. The van der Waals surface area contributed by atoms with Crippen molar-refractivity contribution < 1.29 is 19.2 Å². The number of nitriles is 2. The number of imide groups is 2. The van der Waals surface area contributed by atoms with Crippen LogP contribution in [0.2, 0.25) is 20.1 Å². The monoisotopic (exact) mass is 840 g/mol. The van der Waals surface area contributed by atoms with Crippen molar-refractivity contribution in [3.8, 4) is 12.1 Å². The molecule has 288 valence electrons. The second kappa shape index (κ2) is 14.3. The number of rotatable bonds is 6. The van der Waals surface area contributed by atoms with E-state index in [0.29, 0.717) is 24.2 Å². The number of carbonyl (C=O) groups excluding carboxylic acids is 4. The third-order valence-electron chi connectivity index (χ3n) is 11.8. The van der Waals surface area contributed by atoms with Crippen molar-refractivity contribution in [3.63, 3.8) is 0 Å². The Balaban J connectivity index is 1.17. The van der Waals surface area contributed by atoms with Gasteiger partial charge in [-0.05, 0) is 71.8 Å². The van der Waals surface area contributed by atoms with Gasteiger partial charge in [-0.1, -0.05) is 70.7 Å². The first-order chi connectivity index (χ1) is 27.2. The van der Waals surface area contributed by atoms with Gasteiger partial charge in [0.2, 0.25) is 0 Å². The largest absolute Gasteiger partial charge is 0.332 e. The summed E-state index contributed by atoms with van der Waals surface area (Å²) in [4.78, 5) is 67.2. The highest BCUT2D eigenvalue weighted by atomic mass is 35.5. The fourth-order valence-corrected chi connectivity index (χ4v) is 10.1. The van der Waals surface area contributed by atoms with Crippen molar-refractivity contribution in [1.29, 1.82) is 10.5 Å². The standard InChI is InChI=1S/C41H32Cl4N8O4/c1-48-38(56)52(32-13-28(42)11-29(43)14-32)36(54)40(48)21-50(19-34(40)26-7-3-24(17-46)4-8-26)23-51-20-35(27-9-5-25(18-47)6-10-27)41(22-51)37(55)53(39(57)49(41)2)33-15-30(44)12-31(45)16-33/h3-16,34-35H,19-23H2,1-2H3/t34?,35?,40-,41-/m1/s1. The van der Waals surface area contributed by atoms with Gasteiger partial charge < -0.3 is 9.80 Å². The predicted molar refractivity (Wildman–Crippen MR) is 215 cm³/mol. The summed E-state index contributed by atoms with van der Waals surface area (Å²) in [5, 5.41) is 20.1. The van der Waals surface area contributed by atoms with Crippen LogP contribution in [0.25, 0.3) is 0 Å². The molecular weight excluding hydrogens is 810 g/mol. The average molecular weight is 843 g/mol. The molecule has 0 aliphatic carbocycles. The lowest BCUT2D eigenvalue weighted by molar-refractivity contribution is -0.125. The maximum atomic E-state index is 14.8. The molecule has 4 aromatic carbocycles. The minimum absolute atomic E-state index is 0.129. The van der Waals surface area contributed by atoms with Gasteiger partial charge in [0.15, 0.2) is 0 Å². The highest BCUT2D eigenvalue weighted by molar-refractivity contribution is 6.36. The first kappa shape index (κ1) is 38.7. The summed E-state index contributed by atoms with van der Waals surface area (Å²) in [5.41, 5.74) is 0.161. The fourth-order valence-electron chi connectivity index (χ4n) is 9.08. The lowest BCUT2D eigenvalue weighted by atomic mass is 9.80. The highest BCUT2D eigenvalue weighted by Crippen LogP contribution is 2.49. The molecule has 4 aliphatic rings. The molecule has 6 amide bonds. The van der Waals surface area contributed by atoms with Crippen molar-refractivity contribution in [2.24, 2.45) is 0 Å². The summed E-state index contributed by atoms with van der Waals surface area (Å²) in [6.07, 6.45) is 0. The number of carbonyl (C=O) groups is 4. The van der Waals surface area contributed by atoms with Gasteiger partial charge in [0.1, 0.15) is 11.1 Å². The first-order valence-corrected chi connectivity index (χ1v) is 19.3. The van der Waals surface area contributed by atoms with Gasteiger partial charge in [-0.25, -0.2) is 19.4 Å². The van der Waals surface area contributed by atoms with Gasteiger partial charge in [0.25, 0.3) is 11.8 Å². The predicted octanol–water partition coefficient (Wildman–Crippen LogP) is 7.17. The highest BCUT2D eigenvalue weighted by Gasteiger charge is 2.67. The maximum Gasteiger partial charge on any atom is 0.332 e. The Morgan fingerprint density at radius 3 is 1.23 bits per heavy atom. The Morgan fingerprint density at radius 2 is 0.912 bits per heavy atom. The number of urea groups is 2. The van der Waals surface area contributed by atoms with E-state index < -0.39 is 46.8 Å². The van der Waals surface area contributed by atoms with E-state index in [2.05, 4.69) is 21.9 Å². The summed E-state index contributed by atoms with van der Waals surface area (Å²) < 4.78 is 0. The summed E-state index contributed by atoms with van der Waals surface area (Å²) >= 11 is 25.3. The van der Waals surface area contributed by atoms with Crippen molar-refractivity contribution >= 4 is 81.7 Å². The van der Waals surface area contributed by atoms with Gasteiger partial charge in [-0.3, -0.25) is 19.4 Å². The Kier molecular flexibility index (Phi) is 9.73. The lowest BCUT2D eigenvalue weighted by Crippen LogP contribution is -2.55. The van der Waals surface area contributed by atoms with Crippen LogP contribution in [-0.2, 0) is 9.59 Å². The van der Waals surface area contributed by atoms with E-state index in [-0.39, 0.29) is 51.2 Å². The quantitative estimate of drug-likeness (QED) is 0.187. The molecule has 57 heavy (non-hydrogen) atoms. The van der Waals surface area contributed by atoms with E-state index in [1.165, 1.54) is 46.2 Å². The van der Waals surface area contributed by atoms with Crippen LogP contribution in [0.15, 0.2) is 84.9 Å². The number of likely N-dealkylation sites (N-methyl/N-ethyl adjacent to an activating group) is 2. The number of halogens is 4. The molecule has 2 unspecified atom stereocenters. The normalized spacial score (nSPS) is 25.1. The molecule has 4 aromatic rings. The van der Waals surface area contributed by atoms with Crippen molar-refractivity contribution in [1.82, 2.24) is 19.6 Å². The third-order valence-corrected chi connectivity index (χ3v) is 12.6. The minimum Gasteiger partial charge on any atom is -0.310 e. The molecular formula is C41H32Cl4N8O4. The van der Waals surface area contributed by atoms with Gasteiger partial charge >= 0.3 is 12.1 Å². The van der Waals surface area contributed by atoms with Crippen LogP contribution in [0.4, 0.5) is 21.0 Å². The summed E-state index contributed by atoms with van der Waals surface area (Å²) in [5.74, 6) is -1.97. The molecule has 0 aromatic heterocycles. The number of nitrogens with zero attached hydrogens (tertiary/aromatic N) is 8. The lowest BCUT2D eigenvalue weighted by Gasteiger charge is -2.34. The number of hydrogen-bond acceptors (Lipinski definition) is 8. The van der Waals surface area contributed by atoms with Crippen LogP contribution in [0.5, 0.6) is 0 Å². The smallest absolute Gasteiger partial charge is 0.310 e. The first-order valence-electron chi connectivity index (χ1n) is 17.8. The van der Waals surface area contributed by atoms with Crippen molar-refractivity contribution in [2.45, 2.75) is 22.9 Å². The zero-order valence-corrected chi connectivity index (χ0v) is 33.5. The molecule has 0 saturated carbocycles. The number of benzene rings is 4. The van der Waals surface area contributed by atoms with E-state index in [0.717, 1.165) is 20.9 Å².